The Morgan fingerprint density at radius 2 is 1.43 bits per heavy atom. The smallest absolute Gasteiger partial charge is 0.272 e. The van der Waals surface area contributed by atoms with E-state index in [0.29, 0.717) is 33.0 Å². The summed E-state index contributed by atoms with van der Waals surface area (Å²) in [4.78, 5) is 21.7. The highest BCUT2D eigenvalue weighted by molar-refractivity contribution is 5.89. The van der Waals surface area contributed by atoms with Crippen molar-refractivity contribution in [3.05, 3.63) is 38.4 Å². The van der Waals surface area contributed by atoms with E-state index in [1.165, 1.54) is 69.9 Å². The minimum absolute atomic E-state index is 0.117. The molecule has 5 aliphatic carbocycles. The molecular formula is C36H54N4O4. The van der Waals surface area contributed by atoms with Crippen LogP contribution in [0.3, 0.4) is 0 Å². The van der Waals surface area contributed by atoms with E-state index in [1.54, 1.807) is 0 Å². The third-order valence-corrected chi connectivity index (χ3v) is 15.5. The van der Waals surface area contributed by atoms with Crippen LogP contribution in [0.1, 0.15) is 126 Å². The number of nitrogens with one attached hydrogen (secondary N) is 1. The summed E-state index contributed by atoms with van der Waals surface area (Å²) >= 11 is 0. The summed E-state index contributed by atoms with van der Waals surface area (Å²) in [5.41, 5.74) is 5.64. The predicted octanol–water partition coefficient (Wildman–Crippen LogP) is 10.2. The van der Waals surface area contributed by atoms with E-state index < -0.39 is 9.85 Å². The van der Waals surface area contributed by atoms with Gasteiger partial charge < -0.3 is 0 Å². The minimum Gasteiger partial charge on any atom is -0.272 e. The normalized spacial score (nSPS) is 45.3. The van der Waals surface area contributed by atoms with Crippen LogP contribution in [-0.2, 0) is 0 Å². The van der Waals surface area contributed by atoms with E-state index >= 15 is 0 Å². The van der Waals surface area contributed by atoms with Gasteiger partial charge in [0, 0.05) is 17.7 Å². The van der Waals surface area contributed by atoms with E-state index in [-0.39, 0.29) is 28.4 Å². The summed E-state index contributed by atoms with van der Waals surface area (Å²) < 4.78 is 0. The van der Waals surface area contributed by atoms with Crippen molar-refractivity contribution < 1.29 is 9.85 Å². The molecule has 242 valence electrons. The van der Waals surface area contributed by atoms with Gasteiger partial charge in [0.05, 0.1) is 15.9 Å². The average molecular weight is 607 g/mol. The fourth-order valence-electron chi connectivity index (χ4n) is 12.4. The molecule has 5 saturated carbocycles. The predicted molar refractivity (Wildman–Crippen MR) is 176 cm³/mol. The summed E-state index contributed by atoms with van der Waals surface area (Å²) in [5, 5.41) is 27.6. The number of hydrazone groups is 1. The molecule has 0 aliphatic heterocycles. The first-order valence-electron chi connectivity index (χ1n) is 17.2. The first-order chi connectivity index (χ1) is 20.4. The first kappa shape index (κ1) is 31.5. The molecule has 0 amide bonds. The largest absolute Gasteiger partial charge is 0.301 e. The molecular weight excluding hydrogens is 552 g/mol. The summed E-state index contributed by atoms with van der Waals surface area (Å²) in [6, 6.07) is 3.69. The van der Waals surface area contributed by atoms with Crippen LogP contribution >= 0.6 is 0 Å². The number of non-ortho nitro benzene ring substituents is 1. The van der Waals surface area contributed by atoms with Gasteiger partial charge in [-0.05, 0) is 127 Å². The highest BCUT2D eigenvalue weighted by Crippen LogP contribution is 2.78. The number of hydrogen-bond donors (Lipinski definition) is 1. The molecule has 0 saturated heterocycles. The van der Waals surface area contributed by atoms with Crippen molar-refractivity contribution in [3.63, 3.8) is 0 Å². The molecule has 0 heterocycles. The standard InChI is InChI=1S/C36H54N4O4/c1-23-25(37-38-26-10-9-24(39(41)42)21-27(26)40(43)44)11-12-28-33(23,5)14-13-29-34(28,6)18-20-36(8)30-22-31(2,3)15-16-32(30,4)17-19-35(29,36)7/h9-10,21,23,28-30,38H,11-20,22H2,1-8H3/b37-25-. The monoisotopic (exact) mass is 606 g/mol. The van der Waals surface area contributed by atoms with Crippen molar-refractivity contribution in [3.8, 4) is 0 Å². The van der Waals surface area contributed by atoms with Crippen molar-refractivity contribution in [2.45, 2.75) is 126 Å². The third-order valence-electron chi connectivity index (χ3n) is 15.5. The van der Waals surface area contributed by atoms with Crippen LogP contribution in [0.15, 0.2) is 23.3 Å². The molecule has 44 heavy (non-hydrogen) atoms. The van der Waals surface area contributed by atoms with Gasteiger partial charge in [0.25, 0.3) is 5.69 Å². The minimum atomic E-state index is -0.611. The SMILES string of the molecule is CC1/C(=N\Nc2ccc([N+](=O)[O-])cc2[N+](=O)[O-])CCC2C1(C)CCC1C2(C)CCC2(C)C3CC(C)(C)CCC3(C)CCC12C. The number of hydrogen-bond acceptors (Lipinski definition) is 6. The van der Waals surface area contributed by atoms with Gasteiger partial charge >= 0.3 is 5.69 Å². The van der Waals surface area contributed by atoms with Gasteiger partial charge in [-0.25, -0.2) is 0 Å². The quantitative estimate of drug-likeness (QED) is 0.271. The van der Waals surface area contributed by atoms with Crippen LogP contribution in [-0.4, -0.2) is 15.6 Å². The molecule has 1 N–H and O–H groups in total. The molecule has 0 spiro atoms. The van der Waals surface area contributed by atoms with Gasteiger partial charge in [-0.15, -0.1) is 0 Å². The summed E-state index contributed by atoms with van der Waals surface area (Å²) in [6.07, 6.45) is 13.9. The average Bonchev–Trinajstić information content (AvgIpc) is 2.95. The van der Waals surface area contributed by atoms with Gasteiger partial charge in [-0.1, -0.05) is 55.4 Å². The second-order valence-electron chi connectivity index (χ2n) is 17.8. The van der Waals surface area contributed by atoms with Gasteiger partial charge in [0.15, 0.2) is 0 Å². The molecule has 0 aromatic heterocycles. The lowest BCUT2D eigenvalue weighted by molar-refractivity contribution is -0.393. The number of nitrogens with zero attached hydrogens (tertiary/aromatic N) is 3. The summed E-state index contributed by atoms with van der Waals surface area (Å²) in [5.74, 6) is 2.40. The Morgan fingerprint density at radius 1 is 0.773 bits per heavy atom. The molecule has 9 atom stereocenters. The molecule has 0 radical (unpaired) electrons. The molecule has 5 fully saturated rings. The van der Waals surface area contributed by atoms with Crippen LogP contribution in [0, 0.1) is 76.4 Å². The van der Waals surface area contributed by atoms with Crippen molar-refractivity contribution in [1.82, 2.24) is 0 Å². The van der Waals surface area contributed by atoms with Crippen molar-refractivity contribution >= 4 is 22.8 Å². The van der Waals surface area contributed by atoms with Gasteiger partial charge in [0.1, 0.15) is 5.69 Å². The maximum Gasteiger partial charge on any atom is 0.301 e. The van der Waals surface area contributed by atoms with E-state index in [2.05, 4.69) is 60.8 Å². The van der Waals surface area contributed by atoms with E-state index in [9.17, 15) is 20.2 Å². The first-order valence-corrected chi connectivity index (χ1v) is 17.2. The van der Waals surface area contributed by atoms with E-state index in [0.717, 1.165) is 36.5 Å². The van der Waals surface area contributed by atoms with Gasteiger partial charge in [-0.3, -0.25) is 25.7 Å². The zero-order valence-corrected chi connectivity index (χ0v) is 28.3. The Balaban J connectivity index is 1.27. The van der Waals surface area contributed by atoms with Gasteiger partial charge in [0.2, 0.25) is 0 Å². The molecule has 1 aromatic rings. The number of rotatable bonds is 4. The van der Waals surface area contributed by atoms with Crippen LogP contribution in [0.25, 0.3) is 0 Å². The Bertz CT molecular complexity index is 1410. The lowest BCUT2D eigenvalue weighted by atomic mass is 9.30. The number of fused-ring (bicyclic) bond motifs is 7. The maximum absolute atomic E-state index is 11.7. The number of nitro benzene ring substituents is 2. The summed E-state index contributed by atoms with van der Waals surface area (Å²) in [7, 11) is 0. The fraction of sp³-hybridized carbons (Fsp3) is 0.806. The second kappa shape index (κ2) is 9.99. The molecule has 0 bridgehead atoms. The number of anilines is 1. The molecule has 6 rings (SSSR count). The zero-order valence-electron chi connectivity index (χ0n) is 28.3. The lowest BCUT2D eigenvalue weighted by Gasteiger charge is -2.75. The topological polar surface area (TPSA) is 111 Å². The van der Waals surface area contributed by atoms with Crippen LogP contribution in [0.4, 0.5) is 17.1 Å². The van der Waals surface area contributed by atoms with E-state index in [4.69, 9.17) is 5.10 Å². The van der Waals surface area contributed by atoms with Gasteiger partial charge in [-0.2, -0.15) is 5.10 Å². The zero-order chi connectivity index (χ0) is 32.1. The number of nitro groups is 2. The highest BCUT2D eigenvalue weighted by atomic mass is 16.6. The van der Waals surface area contributed by atoms with Crippen LogP contribution < -0.4 is 5.43 Å². The fourth-order valence-corrected chi connectivity index (χ4v) is 12.4. The third kappa shape index (κ3) is 4.39. The Labute approximate surface area is 263 Å². The van der Waals surface area contributed by atoms with Crippen molar-refractivity contribution in [1.29, 1.82) is 0 Å². The highest BCUT2D eigenvalue weighted by Gasteiger charge is 2.70. The molecule has 8 heteroatoms. The molecule has 8 nitrogen and oxygen atoms in total. The van der Waals surface area contributed by atoms with E-state index in [1.807, 2.05) is 0 Å². The lowest BCUT2D eigenvalue weighted by Crippen LogP contribution is -2.67. The van der Waals surface area contributed by atoms with Crippen LogP contribution in [0.2, 0.25) is 0 Å². The van der Waals surface area contributed by atoms with Crippen molar-refractivity contribution in [2.75, 3.05) is 5.43 Å². The maximum atomic E-state index is 11.7. The Hall–Kier alpha value is -2.51. The summed E-state index contributed by atoms with van der Waals surface area (Å²) in [6.45, 7) is 20.5. The number of benzene rings is 1. The molecule has 9 unspecified atom stereocenters. The Morgan fingerprint density at radius 3 is 2.11 bits per heavy atom. The van der Waals surface area contributed by atoms with Crippen LogP contribution in [0.5, 0.6) is 0 Å². The van der Waals surface area contributed by atoms with Crippen molar-refractivity contribution in [2.24, 2.45) is 61.3 Å². The molecule has 5 aliphatic rings. The second-order valence-corrected chi connectivity index (χ2v) is 17.8. The Kier molecular flexibility index (Phi) is 7.15. The molecule has 1 aromatic carbocycles.